The molecule has 1 amide bonds. The quantitative estimate of drug-likeness (QED) is 0.463. The number of hydrazone groups is 1. The lowest BCUT2D eigenvalue weighted by Crippen LogP contribution is -2.51. The molecule has 0 unspecified atom stereocenters. The van der Waals surface area contributed by atoms with Crippen molar-refractivity contribution in [3.63, 3.8) is 0 Å². The SMILES string of the molecule is COC(=O)C1=NN2C(c3ccccc3)=Cc3ccccc3[C@H]2[C@]12C(=O)N(C)c1ccc(Br)cc12. The molecule has 0 fully saturated rings. The number of rotatable bonds is 2. The lowest BCUT2D eigenvalue weighted by Gasteiger charge is -2.39. The molecule has 3 aliphatic rings. The van der Waals surface area contributed by atoms with Gasteiger partial charge in [-0.2, -0.15) is 5.10 Å². The summed E-state index contributed by atoms with van der Waals surface area (Å²) in [5.41, 5.74) is 3.90. The van der Waals surface area contributed by atoms with Gasteiger partial charge in [0.05, 0.1) is 12.8 Å². The van der Waals surface area contributed by atoms with E-state index in [0.29, 0.717) is 0 Å². The highest BCUT2D eigenvalue weighted by molar-refractivity contribution is 9.10. The molecule has 2 atom stereocenters. The average Bonchev–Trinajstić information content (AvgIpc) is 3.33. The van der Waals surface area contributed by atoms with E-state index >= 15 is 0 Å². The molecular formula is C27H20BrN3O3. The number of benzene rings is 3. The molecule has 0 radical (unpaired) electrons. The number of anilines is 1. The number of fused-ring (bicyclic) bond motifs is 6. The Hall–Kier alpha value is -3.71. The maximum atomic E-state index is 14.2. The van der Waals surface area contributed by atoms with E-state index in [1.165, 1.54) is 7.11 Å². The molecular weight excluding hydrogens is 494 g/mol. The fourth-order valence-electron chi connectivity index (χ4n) is 5.44. The number of nitrogens with zero attached hydrogens (tertiary/aromatic N) is 3. The number of likely N-dealkylation sites (N-methyl/N-ethyl adjacent to an activating group) is 1. The molecule has 6 nitrogen and oxygen atoms in total. The van der Waals surface area contributed by atoms with E-state index < -0.39 is 17.4 Å². The van der Waals surface area contributed by atoms with Gasteiger partial charge in [-0.1, -0.05) is 70.5 Å². The summed E-state index contributed by atoms with van der Waals surface area (Å²) < 4.78 is 6.01. The van der Waals surface area contributed by atoms with Gasteiger partial charge in [-0.3, -0.25) is 9.80 Å². The van der Waals surface area contributed by atoms with E-state index in [2.05, 4.69) is 22.0 Å². The van der Waals surface area contributed by atoms with Gasteiger partial charge in [0.1, 0.15) is 6.04 Å². The van der Waals surface area contributed by atoms with Crippen LogP contribution in [-0.2, 0) is 19.7 Å². The number of carbonyl (C=O) groups excluding carboxylic acids is 2. The highest BCUT2D eigenvalue weighted by atomic mass is 79.9. The van der Waals surface area contributed by atoms with Gasteiger partial charge in [-0.15, -0.1) is 0 Å². The number of halogens is 1. The third kappa shape index (κ3) is 2.58. The zero-order valence-corrected chi connectivity index (χ0v) is 20.1. The molecule has 3 aromatic rings. The van der Waals surface area contributed by atoms with Gasteiger partial charge in [-0.05, 0) is 41.0 Å². The molecule has 0 aliphatic carbocycles. The van der Waals surface area contributed by atoms with Crippen LogP contribution in [0.25, 0.3) is 11.8 Å². The Labute approximate surface area is 205 Å². The molecule has 1 spiro atoms. The first-order chi connectivity index (χ1) is 16.5. The summed E-state index contributed by atoms with van der Waals surface area (Å²) in [4.78, 5) is 29.1. The summed E-state index contributed by atoms with van der Waals surface area (Å²) in [6.07, 6.45) is 2.06. The molecule has 0 N–H and O–H groups in total. The van der Waals surface area contributed by atoms with E-state index in [4.69, 9.17) is 9.84 Å². The number of hydrogen-bond acceptors (Lipinski definition) is 5. The molecule has 0 bridgehead atoms. The van der Waals surface area contributed by atoms with E-state index in [0.717, 1.165) is 38.1 Å². The van der Waals surface area contributed by atoms with Crippen LogP contribution in [0, 0.1) is 0 Å². The van der Waals surface area contributed by atoms with Crippen LogP contribution in [0.3, 0.4) is 0 Å². The van der Waals surface area contributed by atoms with Crippen LogP contribution in [0.4, 0.5) is 5.69 Å². The first-order valence-electron chi connectivity index (χ1n) is 10.9. The molecule has 0 saturated carbocycles. The molecule has 6 rings (SSSR count). The van der Waals surface area contributed by atoms with Crippen molar-refractivity contribution in [3.8, 4) is 0 Å². The number of amides is 1. The van der Waals surface area contributed by atoms with Crippen LogP contribution in [0.1, 0.15) is 28.3 Å². The summed E-state index contributed by atoms with van der Waals surface area (Å²) in [7, 11) is 3.06. The Balaban J connectivity index is 1.71. The number of methoxy groups -OCH3 is 1. The Morgan fingerprint density at radius 2 is 1.79 bits per heavy atom. The van der Waals surface area contributed by atoms with Crippen molar-refractivity contribution in [2.24, 2.45) is 5.10 Å². The van der Waals surface area contributed by atoms with Crippen LogP contribution in [0.15, 0.2) is 82.4 Å². The first-order valence-corrected chi connectivity index (χ1v) is 11.7. The van der Waals surface area contributed by atoms with Crippen LogP contribution < -0.4 is 4.90 Å². The second-order valence-corrected chi connectivity index (χ2v) is 9.46. The van der Waals surface area contributed by atoms with Crippen LogP contribution in [0.5, 0.6) is 0 Å². The van der Waals surface area contributed by atoms with E-state index in [1.807, 2.05) is 77.8 Å². The van der Waals surface area contributed by atoms with Crippen molar-refractivity contribution >= 4 is 51.0 Å². The van der Waals surface area contributed by atoms with Crippen molar-refractivity contribution in [2.45, 2.75) is 11.5 Å². The zero-order valence-electron chi connectivity index (χ0n) is 18.5. The zero-order chi connectivity index (χ0) is 23.6. The third-order valence-electron chi connectivity index (χ3n) is 6.90. The van der Waals surface area contributed by atoms with Crippen LogP contribution in [-0.4, -0.2) is 36.8 Å². The summed E-state index contributed by atoms with van der Waals surface area (Å²) in [6, 6.07) is 23.0. The van der Waals surface area contributed by atoms with Crippen LogP contribution >= 0.6 is 15.9 Å². The predicted molar refractivity (Wildman–Crippen MR) is 134 cm³/mol. The largest absolute Gasteiger partial charge is 0.464 e. The van der Waals surface area contributed by atoms with Crippen molar-refractivity contribution in [2.75, 3.05) is 19.1 Å². The average molecular weight is 514 g/mol. The highest BCUT2D eigenvalue weighted by Gasteiger charge is 2.67. The highest BCUT2D eigenvalue weighted by Crippen LogP contribution is 2.59. The fraction of sp³-hybridized carbons (Fsp3) is 0.148. The smallest absolute Gasteiger partial charge is 0.355 e. The normalized spacial score (nSPS) is 22.2. The Bertz CT molecular complexity index is 1430. The van der Waals surface area contributed by atoms with Gasteiger partial charge < -0.3 is 9.64 Å². The number of ether oxygens (including phenoxy) is 1. The Morgan fingerprint density at radius 3 is 2.56 bits per heavy atom. The molecule has 7 heteroatoms. The number of carbonyl (C=O) groups is 2. The van der Waals surface area contributed by atoms with E-state index in [1.54, 1.807) is 11.9 Å². The minimum absolute atomic E-state index is 0.0900. The molecule has 3 aromatic carbocycles. The maximum Gasteiger partial charge on any atom is 0.355 e. The first kappa shape index (κ1) is 20.9. The second kappa shape index (κ2) is 7.40. The molecule has 3 aliphatic heterocycles. The van der Waals surface area contributed by atoms with E-state index in [9.17, 15) is 9.59 Å². The summed E-state index contributed by atoms with van der Waals surface area (Å²) in [5, 5.41) is 6.66. The summed E-state index contributed by atoms with van der Waals surface area (Å²) in [6.45, 7) is 0. The number of esters is 1. The monoisotopic (exact) mass is 513 g/mol. The molecule has 168 valence electrons. The summed E-state index contributed by atoms with van der Waals surface area (Å²) in [5.74, 6) is -0.824. The summed E-state index contributed by atoms with van der Waals surface area (Å²) >= 11 is 3.57. The van der Waals surface area contributed by atoms with Gasteiger partial charge in [0.2, 0.25) is 5.91 Å². The van der Waals surface area contributed by atoms with E-state index in [-0.39, 0.29) is 11.6 Å². The van der Waals surface area contributed by atoms with Crippen LogP contribution in [0.2, 0.25) is 0 Å². The topological polar surface area (TPSA) is 62.2 Å². The van der Waals surface area contributed by atoms with Gasteiger partial charge >= 0.3 is 5.97 Å². The van der Waals surface area contributed by atoms with Gasteiger partial charge in [-0.25, -0.2) is 4.79 Å². The molecule has 0 saturated heterocycles. The van der Waals surface area contributed by atoms with Gasteiger partial charge in [0.15, 0.2) is 11.1 Å². The van der Waals surface area contributed by atoms with Crippen molar-refractivity contribution in [1.82, 2.24) is 5.01 Å². The van der Waals surface area contributed by atoms with Gasteiger partial charge in [0.25, 0.3) is 0 Å². The molecule has 34 heavy (non-hydrogen) atoms. The predicted octanol–water partition coefficient (Wildman–Crippen LogP) is 4.76. The van der Waals surface area contributed by atoms with Crippen molar-refractivity contribution in [1.29, 1.82) is 0 Å². The second-order valence-electron chi connectivity index (χ2n) is 8.55. The molecule has 3 heterocycles. The molecule has 0 aromatic heterocycles. The minimum Gasteiger partial charge on any atom is -0.464 e. The standard InChI is InChI=1S/C27H20BrN3O3/c1-30-21-13-12-18(28)15-20(21)27(26(30)33)23(25(32)34-2)29-31-22(16-8-4-3-5-9-16)14-17-10-6-7-11-19(17)24(27)31/h3-15,24H,1-2H3/t24-,27+/m0/s1. The van der Waals surface area contributed by atoms with Crippen molar-refractivity contribution < 1.29 is 14.3 Å². The fourth-order valence-corrected chi connectivity index (χ4v) is 5.80. The van der Waals surface area contributed by atoms with Crippen molar-refractivity contribution in [3.05, 3.63) is 99.5 Å². The maximum absolute atomic E-state index is 14.2. The Morgan fingerprint density at radius 1 is 1.06 bits per heavy atom. The third-order valence-corrected chi connectivity index (χ3v) is 7.39. The van der Waals surface area contributed by atoms with Gasteiger partial charge in [0, 0.05) is 22.8 Å². The lowest BCUT2D eigenvalue weighted by molar-refractivity contribution is -0.134. The Kier molecular flexibility index (Phi) is 4.54. The minimum atomic E-state index is -1.36. The number of hydrogen-bond donors (Lipinski definition) is 0. The lowest BCUT2D eigenvalue weighted by atomic mass is 9.68.